The number of carbonyl (C=O) groups excluding carboxylic acids is 2. The number of thioether (sulfide) groups is 1. The summed E-state index contributed by atoms with van der Waals surface area (Å²) in [6.07, 6.45) is 5.31. The van der Waals surface area contributed by atoms with Crippen molar-refractivity contribution in [2.24, 2.45) is 5.92 Å². The van der Waals surface area contributed by atoms with Crippen molar-refractivity contribution in [2.75, 3.05) is 10.6 Å². The molecule has 4 N–H and O–H groups in total. The molecule has 31 heavy (non-hydrogen) atoms. The Hall–Kier alpha value is -3.00. The quantitative estimate of drug-likeness (QED) is 0.364. The van der Waals surface area contributed by atoms with Crippen LogP contribution in [0, 0.1) is 5.92 Å². The van der Waals surface area contributed by atoms with E-state index in [0.29, 0.717) is 5.69 Å². The minimum Gasteiger partial charge on any atom is -0.507 e. The number of rotatable bonds is 7. The summed E-state index contributed by atoms with van der Waals surface area (Å²) in [6.45, 7) is 1.75. The lowest BCUT2D eigenvalue weighted by Gasteiger charge is -2.20. The molecule has 0 spiro atoms. The number of hydrogen-bond donors (Lipinski definition) is 4. The number of amides is 2. The van der Waals surface area contributed by atoms with Crippen LogP contribution in [-0.4, -0.2) is 33.2 Å². The lowest BCUT2D eigenvalue weighted by Crippen LogP contribution is -2.24. The summed E-state index contributed by atoms with van der Waals surface area (Å²) in [5.41, 5.74) is 0.764. The first-order valence-electron chi connectivity index (χ1n) is 10.3. The van der Waals surface area contributed by atoms with Gasteiger partial charge in [0.25, 0.3) is 0 Å². The molecule has 2 aromatic rings. The van der Waals surface area contributed by atoms with E-state index in [0.717, 1.165) is 36.3 Å². The number of carboxylic acid groups (broad SMARTS) is 1. The van der Waals surface area contributed by atoms with Crippen molar-refractivity contribution in [3.05, 3.63) is 48.0 Å². The van der Waals surface area contributed by atoms with Crippen molar-refractivity contribution in [3.8, 4) is 5.75 Å². The first kappa shape index (κ1) is 22.7. The molecule has 1 aliphatic rings. The van der Waals surface area contributed by atoms with Crippen molar-refractivity contribution in [1.29, 1.82) is 0 Å². The maximum atomic E-state index is 12.5. The highest BCUT2D eigenvalue weighted by molar-refractivity contribution is 8.00. The van der Waals surface area contributed by atoms with Crippen LogP contribution in [-0.2, 0) is 9.59 Å². The minimum absolute atomic E-state index is 0.0717. The van der Waals surface area contributed by atoms with Crippen molar-refractivity contribution < 1.29 is 24.6 Å². The SMILES string of the molecule is CC(Sc1ccc(NC(=O)C2CCCCC2)cc1)C(=O)Nc1ccc(O)c(C(=O)O)c1. The largest absolute Gasteiger partial charge is 0.507 e. The fourth-order valence-electron chi connectivity index (χ4n) is 3.51. The Bertz CT molecular complexity index is 955. The summed E-state index contributed by atoms with van der Waals surface area (Å²) in [5, 5.41) is 23.8. The van der Waals surface area contributed by atoms with E-state index in [4.69, 9.17) is 5.11 Å². The predicted molar refractivity (Wildman–Crippen MR) is 121 cm³/mol. The van der Waals surface area contributed by atoms with Crippen LogP contribution in [0.2, 0.25) is 0 Å². The molecular weight excluding hydrogens is 416 g/mol. The van der Waals surface area contributed by atoms with Gasteiger partial charge in [0.15, 0.2) is 0 Å². The molecule has 7 nitrogen and oxygen atoms in total. The Kier molecular flexibility index (Phi) is 7.57. The molecule has 0 aliphatic heterocycles. The summed E-state index contributed by atoms with van der Waals surface area (Å²) in [5.74, 6) is -1.76. The highest BCUT2D eigenvalue weighted by Crippen LogP contribution is 2.28. The molecular formula is C23H26N2O5S. The fourth-order valence-corrected chi connectivity index (χ4v) is 4.38. The highest BCUT2D eigenvalue weighted by Gasteiger charge is 2.21. The maximum absolute atomic E-state index is 12.5. The summed E-state index contributed by atoms with van der Waals surface area (Å²) < 4.78 is 0. The van der Waals surface area contributed by atoms with Crippen LogP contribution >= 0.6 is 11.8 Å². The molecule has 8 heteroatoms. The van der Waals surface area contributed by atoms with Crippen LogP contribution in [0.5, 0.6) is 5.75 Å². The van der Waals surface area contributed by atoms with Gasteiger partial charge < -0.3 is 20.8 Å². The van der Waals surface area contributed by atoms with E-state index in [9.17, 15) is 19.5 Å². The lowest BCUT2D eigenvalue weighted by atomic mass is 9.88. The summed E-state index contributed by atoms with van der Waals surface area (Å²) in [4.78, 5) is 36.8. The number of anilines is 2. The van der Waals surface area contributed by atoms with Crippen LogP contribution < -0.4 is 10.6 Å². The minimum atomic E-state index is -1.27. The van der Waals surface area contributed by atoms with Gasteiger partial charge in [-0.3, -0.25) is 9.59 Å². The number of carbonyl (C=O) groups is 3. The van der Waals surface area contributed by atoms with Crippen LogP contribution in [0.15, 0.2) is 47.4 Å². The van der Waals surface area contributed by atoms with E-state index in [1.165, 1.54) is 36.4 Å². The predicted octanol–water partition coefficient (Wildman–Crippen LogP) is 4.73. The number of nitrogens with one attached hydrogen (secondary N) is 2. The lowest BCUT2D eigenvalue weighted by molar-refractivity contribution is -0.120. The number of carboxylic acids is 1. The fraction of sp³-hybridized carbons (Fsp3) is 0.348. The Balaban J connectivity index is 1.54. The van der Waals surface area contributed by atoms with E-state index >= 15 is 0 Å². The smallest absolute Gasteiger partial charge is 0.339 e. The molecule has 1 atom stereocenters. The third kappa shape index (κ3) is 6.24. The van der Waals surface area contributed by atoms with E-state index in [1.807, 2.05) is 24.3 Å². The molecule has 164 valence electrons. The van der Waals surface area contributed by atoms with Gasteiger partial charge in [0, 0.05) is 22.2 Å². The third-order valence-electron chi connectivity index (χ3n) is 5.27. The average Bonchev–Trinajstić information content (AvgIpc) is 2.76. The van der Waals surface area contributed by atoms with Gasteiger partial charge in [0.1, 0.15) is 11.3 Å². The molecule has 0 heterocycles. The monoisotopic (exact) mass is 442 g/mol. The van der Waals surface area contributed by atoms with Gasteiger partial charge in [-0.2, -0.15) is 0 Å². The van der Waals surface area contributed by atoms with Crippen molar-refractivity contribution in [1.82, 2.24) is 0 Å². The Labute approximate surface area is 185 Å². The summed E-state index contributed by atoms with van der Waals surface area (Å²) >= 11 is 1.35. The normalized spacial score (nSPS) is 15.1. The highest BCUT2D eigenvalue weighted by atomic mass is 32.2. The van der Waals surface area contributed by atoms with Gasteiger partial charge in [-0.05, 0) is 62.2 Å². The van der Waals surface area contributed by atoms with Gasteiger partial charge in [-0.1, -0.05) is 19.3 Å². The molecule has 1 fully saturated rings. The molecule has 2 aromatic carbocycles. The molecule has 1 aliphatic carbocycles. The second-order valence-electron chi connectivity index (χ2n) is 7.63. The van der Waals surface area contributed by atoms with Crippen molar-refractivity contribution in [2.45, 2.75) is 49.2 Å². The number of benzene rings is 2. The Morgan fingerprint density at radius 2 is 1.61 bits per heavy atom. The molecule has 0 radical (unpaired) electrons. The first-order valence-corrected chi connectivity index (χ1v) is 11.2. The van der Waals surface area contributed by atoms with Crippen molar-refractivity contribution in [3.63, 3.8) is 0 Å². The molecule has 0 saturated heterocycles. The molecule has 0 bridgehead atoms. The van der Waals surface area contributed by atoms with E-state index < -0.39 is 11.2 Å². The molecule has 1 saturated carbocycles. The zero-order chi connectivity index (χ0) is 22.4. The number of aromatic hydroxyl groups is 1. The Morgan fingerprint density at radius 1 is 0.968 bits per heavy atom. The topological polar surface area (TPSA) is 116 Å². The van der Waals surface area contributed by atoms with Gasteiger partial charge in [0.2, 0.25) is 11.8 Å². The van der Waals surface area contributed by atoms with Gasteiger partial charge >= 0.3 is 5.97 Å². The van der Waals surface area contributed by atoms with E-state index in [-0.39, 0.29) is 29.0 Å². The van der Waals surface area contributed by atoms with Gasteiger partial charge in [-0.25, -0.2) is 4.79 Å². The number of hydrogen-bond acceptors (Lipinski definition) is 5. The van der Waals surface area contributed by atoms with Crippen LogP contribution in [0.4, 0.5) is 11.4 Å². The zero-order valence-electron chi connectivity index (χ0n) is 17.3. The summed E-state index contributed by atoms with van der Waals surface area (Å²) in [7, 11) is 0. The van der Waals surface area contributed by atoms with Crippen molar-refractivity contribution >= 4 is 40.9 Å². The standard InChI is InChI=1S/C23H26N2O5S/c1-14(21(27)25-17-9-12-20(26)19(13-17)23(29)30)31-18-10-7-16(8-11-18)24-22(28)15-5-3-2-4-6-15/h7-15,26H,2-6H2,1H3,(H,24,28)(H,25,27)(H,29,30). The second-order valence-corrected chi connectivity index (χ2v) is 9.05. The Morgan fingerprint density at radius 3 is 2.26 bits per heavy atom. The maximum Gasteiger partial charge on any atom is 0.339 e. The first-order chi connectivity index (χ1) is 14.8. The van der Waals surface area contributed by atoms with E-state index in [1.54, 1.807) is 6.92 Å². The third-order valence-corrected chi connectivity index (χ3v) is 6.39. The molecule has 2 amide bonds. The number of phenols is 1. The van der Waals surface area contributed by atoms with Crippen LogP contribution in [0.1, 0.15) is 49.4 Å². The summed E-state index contributed by atoms with van der Waals surface area (Å²) in [6, 6.07) is 11.3. The molecule has 3 rings (SSSR count). The molecule has 0 aromatic heterocycles. The van der Waals surface area contributed by atoms with Crippen LogP contribution in [0.3, 0.4) is 0 Å². The zero-order valence-corrected chi connectivity index (χ0v) is 18.1. The van der Waals surface area contributed by atoms with Gasteiger partial charge in [-0.15, -0.1) is 11.8 Å². The second kappa shape index (κ2) is 10.3. The average molecular weight is 443 g/mol. The van der Waals surface area contributed by atoms with Gasteiger partial charge in [0.05, 0.1) is 5.25 Å². The number of aromatic carboxylic acids is 1. The van der Waals surface area contributed by atoms with E-state index in [2.05, 4.69) is 10.6 Å². The van der Waals surface area contributed by atoms with Crippen LogP contribution in [0.25, 0.3) is 0 Å². The molecule has 1 unspecified atom stereocenters.